The Morgan fingerprint density at radius 2 is 1.57 bits per heavy atom. The van der Waals surface area contributed by atoms with Crippen molar-refractivity contribution in [3.63, 3.8) is 0 Å². The van der Waals surface area contributed by atoms with Gasteiger partial charge in [-0.05, 0) is 29.5 Å². The van der Waals surface area contributed by atoms with Gasteiger partial charge in [-0.2, -0.15) is 0 Å². The number of ether oxygens (including phenoxy) is 1. The summed E-state index contributed by atoms with van der Waals surface area (Å²) in [7, 11) is 0.848. The summed E-state index contributed by atoms with van der Waals surface area (Å²) in [6, 6.07) is 1.98. The van der Waals surface area contributed by atoms with Gasteiger partial charge < -0.3 is 4.74 Å². The largest absolute Gasteiger partial charge is 0.494 e. The fourth-order valence-electron chi connectivity index (χ4n) is 2.13. The van der Waals surface area contributed by atoms with Gasteiger partial charge in [0.1, 0.15) is 17.4 Å². The van der Waals surface area contributed by atoms with Crippen molar-refractivity contribution < 1.29 is 26.7 Å². The zero-order chi connectivity index (χ0) is 15.7. The molecule has 0 radical (unpaired) electrons. The van der Waals surface area contributed by atoms with Gasteiger partial charge in [0.25, 0.3) is 0 Å². The molecular formula is C14H10BF5O. The van der Waals surface area contributed by atoms with E-state index in [1.165, 1.54) is 14.0 Å². The highest BCUT2D eigenvalue weighted by Crippen LogP contribution is 2.16. The number of hydrogen-bond acceptors (Lipinski definition) is 1. The Kier molecular flexibility index (Phi) is 4.20. The van der Waals surface area contributed by atoms with Crippen molar-refractivity contribution in [3.8, 4) is 5.75 Å². The normalized spacial score (nSPS) is 10.6. The Morgan fingerprint density at radius 1 is 0.905 bits per heavy atom. The van der Waals surface area contributed by atoms with Crippen molar-refractivity contribution in [3.05, 3.63) is 52.8 Å². The minimum absolute atomic E-state index is 0.00279. The van der Waals surface area contributed by atoms with Crippen molar-refractivity contribution in [1.82, 2.24) is 0 Å². The van der Waals surface area contributed by atoms with Crippen molar-refractivity contribution >= 4 is 18.2 Å². The third kappa shape index (κ3) is 2.86. The monoisotopic (exact) mass is 300 g/mol. The molecule has 1 nitrogen and oxygen atoms in total. The number of rotatable bonds is 3. The minimum atomic E-state index is -1.31. The standard InChI is InChI=1S/C14H10BF5O/c1-6-12(9(17)5-10(18)13(6)20)15-8-3-7(16)4-11(19)14(8)21-2/h3-5,15H,1-2H3. The summed E-state index contributed by atoms with van der Waals surface area (Å²) in [6.07, 6.45) is 0. The molecule has 0 saturated carbocycles. The van der Waals surface area contributed by atoms with Gasteiger partial charge in [0, 0.05) is 12.1 Å². The van der Waals surface area contributed by atoms with Gasteiger partial charge in [-0.15, -0.1) is 0 Å². The van der Waals surface area contributed by atoms with Crippen molar-refractivity contribution in [2.75, 3.05) is 7.11 Å². The second-order valence-electron chi connectivity index (χ2n) is 4.51. The van der Waals surface area contributed by atoms with E-state index in [9.17, 15) is 22.0 Å². The molecule has 110 valence electrons. The highest BCUT2D eigenvalue weighted by molar-refractivity contribution is 6.68. The molecule has 0 aliphatic carbocycles. The molecule has 0 saturated heterocycles. The number of benzene rings is 2. The van der Waals surface area contributed by atoms with E-state index >= 15 is 0 Å². The van der Waals surface area contributed by atoms with Crippen LogP contribution in [0.25, 0.3) is 0 Å². The highest BCUT2D eigenvalue weighted by atomic mass is 19.2. The summed E-state index contributed by atoms with van der Waals surface area (Å²) in [5.74, 6) is -5.58. The van der Waals surface area contributed by atoms with Gasteiger partial charge in [0.15, 0.2) is 17.5 Å². The van der Waals surface area contributed by atoms with Crippen LogP contribution in [0.1, 0.15) is 5.56 Å². The smallest absolute Gasteiger partial charge is 0.201 e. The molecule has 2 rings (SSSR count). The van der Waals surface area contributed by atoms with Crippen LogP contribution in [0.15, 0.2) is 18.2 Å². The first kappa shape index (κ1) is 15.3. The molecule has 0 amide bonds. The van der Waals surface area contributed by atoms with E-state index in [1.54, 1.807) is 0 Å². The second-order valence-corrected chi connectivity index (χ2v) is 4.51. The molecule has 0 unspecified atom stereocenters. The van der Waals surface area contributed by atoms with Crippen molar-refractivity contribution in [2.45, 2.75) is 6.92 Å². The van der Waals surface area contributed by atoms with E-state index < -0.39 is 29.1 Å². The van der Waals surface area contributed by atoms with Crippen LogP contribution in [0.3, 0.4) is 0 Å². The predicted molar refractivity (Wildman–Crippen MR) is 70.4 cm³/mol. The summed E-state index contributed by atoms with van der Waals surface area (Å²) >= 11 is 0. The second kappa shape index (κ2) is 5.75. The average Bonchev–Trinajstić information content (AvgIpc) is 2.41. The van der Waals surface area contributed by atoms with Gasteiger partial charge in [0.2, 0.25) is 7.28 Å². The zero-order valence-electron chi connectivity index (χ0n) is 11.2. The van der Waals surface area contributed by atoms with Crippen LogP contribution in [-0.4, -0.2) is 14.4 Å². The average molecular weight is 300 g/mol. The van der Waals surface area contributed by atoms with Crippen LogP contribution in [0.5, 0.6) is 5.75 Å². The Labute approximate surface area is 118 Å². The first-order valence-electron chi connectivity index (χ1n) is 6.00. The number of hydrogen-bond donors (Lipinski definition) is 0. The maximum Gasteiger partial charge on any atom is 0.201 e. The molecule has 2 aromatic rings. The van der Waals surface area contributed by atoms with Crippen LogP contribution in [0, 0.1) is 36.0 Å². The highest BCUT2D eigenvalue weighted by Gasteiger charge is 2.20. The lowest BCUT2D eigenvalue weighted by atomic mass is 9.61. The molecule has 0 spiro atoms. The first-order chi connectivity index (χ1) is 9.85. The summed E-state index contributed by atoms with van der Waals surface area (Å²) in [5, 5.41) is 0. The Balaban J connectivity index is 2.56. The lowest BCUT2D eigenvalue weighted by molar-refractivity contribution is 0.388. The topological polar surface area (TPSA) is 9.23 Å². The minimum Gasteiger partial charge on any atom is -0.494 e. The number of methoxy groups -OCH3 is 1. The SMILES string of the molecule is COc1c(F)cc(F)cc1Bc1c(F)cc(F)c(F)c1C. The fourth-order valence-corrected chi connectivity index (χ4v) is 2.13. The molecule has 0 atom stereocenters. The number of halogens is 5. The first-order valence-corrected chi connectivity index (χ1v) is 6.00. The third-order valence-electron chi connectivity index (χ3n) is 3.19. The van der Waals surface area contributed by atoms with E-state index in [0.717, 1.165) is 6.07 Å². The molecule has 0 aliphatic rings. The van der Waals surface area contributed by atoms with Gasteiger partial charge in [-0.3, -0.25) is 0 Å². The van der Waals surface area contributed by atoms with Crippen LogP contribution in [0.2, 0.25) is 0 Å². The van der Waals surface area contributed by atoms with Crippen LogP contribution >= 0.6 is 0 Å². The molecule has 0 aliphatic heterocycles. The van der Waals surface area contributed by atoms with E-state index in [0.29, 0.717) is 12.1 Å². The zero-order valence-corrected chi connectivity index (χ0v) is 11.2. The van der Waals surface area contributed by atoms with E-state index in [4.69, 9.17) is 4.74 Å². The van der Waals surface area contributed by atoms with Crippen molar-refractivity contribution in [2.24, 2.45) is 0 Å². The van der Waals surface area contributed by atoms with Crippen molar-refractivity contribution in [1.29, 1.82) is 0 Å². The Bertz CT molecular complexity index is 702. The molecule has 0 N–H and O–H groups in total. The maximum absolute atomic E-state index is 13.8. The van der Waals surface area contributed by atoms with Crippen LogP contribution in [-0.2, 0) is 0 Å². The predicted octanol–water partition coefficient (Wildman–Crippen LogP) is 2.09. The van der Waals surface area contributed by atoms with E-state index in [2.05, 4.69) is 0 Å². The molecule has 0 aromatic heterocycles. The van der Waals surface area contributed by atoms with Gasteiger partial charge in [-0.1, -0.05) is 0 Å². The van der Waals surface area contributed by atoms with Gasteiger partial charge in [-0.25, -0.2) is 22.0 Å². The summed E-state index contributed by atoms with van der Waals surface area (Å²) in [6.45, 7) is 1.19. The quantitative estimate of drug-likeness (QED) is 0.479. The lowest BCUT2D eigenvalue weighted by Crippen LogP contribution is -2.34. The lowest BCUT2D eigenvalue weighted by Gasteiger charge is -2.12. The molecule has 0 fully saturated rings. The van der Waals surface area contributed by atoms with Crippen LogP contribution < -0.4 is 15.7 Å². The Hall–Kier alpha value is -2.05. The van der Waals surface area contributed by atoms with Crippen LogP contribution in [0.4, 0.5) is 22.0 Å². The summed E-state index contributed by atoms with van der Waals surface area (Å²) in [4.78, 5) is 0. The van der Waals surface area contributed by atoms with Gasteiger partial charge in [0.05, 0.1) is 7.11 Å². The maximum atomic E-state index is 13.8. The fraction of sp³-hybridized carbons (Fsp3) is 0.143. The molecular weight excluding hydrogens is 290 g/mol. The molecule has 7 heteroatoms. The molecule has 0 bridgehead atoms. The summed E-state index contributed by atoms with van der Waals surface area (Å²) in [5.41, 5.74) is -0.431. The summed E-state index contributed by atoms with van der Waals surface area (Å²) < 4.78 is 72.0. The van der Waals surface area contributed by atoms with E-state index in [1.807, 2.05) is 0 Å². The molecule has 2 aromatic carbocycles. The van der Waals surface area contributed by atoms with E-state index in [-0.39, 0.29) is 29.5 Å². The Morgan fingerprint density at radius 3 is 2.19 bits per heavy atom. The third-order valence-corrected chi connectivity index (χ3v) is 3.19. The van der Waals surface area contributed by atoms with Gasteiger partial charge >= 0.3 is 0 Å². The molecule has 21 heavy (non-hydrogen) atoms. The molecule has 0 heterocycles.